The first-order valence-electron chi connectivity index (χ1n) is 10.7. The van der Waals surface area contributed by atoms with Crippen molar-refractivity contribution >= 4 is 0 Å². The van der Waals surface area contributed by atoms with Gasteiger partial charge in [-0.25, -0.2) is 4.68 Å². The van der Waals surface area contributed by atoms with Crippen molar-refractivity contribution in [3.8, 4) is 5.69 Å². The fourth-order valence-corrected chi connectivity index (χ4v) is 4.66. The molecule has 1 fully saturated rings. The molecule has 4 rings (SSSR count). The van der Waals surface area contributed by atoms with Gasteiger partial charge in [-0.2, -0.15) is 0 Å². The third-order valence-electron chi connectivity index (χ3n) is 6.23. The Morgan fingerprint density at radius 2 is 1.52 bits per heavy atom. The number of rotatable bonds is 5. The molecule has 1 aliphatic heterocycles. The van der Waals surface area contributed by atoms with Crippen molar-refractivity contribution in [3.05, 3.63) is 87.8 Å². The molecule has 0 radical (unpaired) electrons. The predicted octanol–water partition coefficient (Wildman–Crippen LogP) is 4.68. The molecule has 0 atom stereocenters. The first-order valence-corrected chi connectivity index (χ1v) is 10.7. The van der Waals surface area contributed by atoms with Crippen molar-refractivity contribution in [1.82, 2.24) is 14.3 Å². The Morgan fingerprint density at radius 3 is 2.10 bits per heavy atom. The smallest absolute Gasteiger partial charge is 0.275 e. The second kappa shape index (κ2) is 8.42. The monoisotopic (exact) mass is 389 g/mol. The van der Waals surface area contributed by atoms with E-state index < -0.39 is 0 Å². The number of hydrogen-bond acceptors (Lipinski definition) is 2. The van der Waals surface area contributed by atoms with Crippen molar-refractivity contribution in [3.63, 3.8) is 0 Å². The zero-order valence-corrected chi connectivity index (χ0v) is 17.7. The van der Waals surface area contributed by atoms with Crippen LogP contribution in [-0.4, -0.2) is 27.4 Å². The summed E-state index contributed by atoms with van der Waals surface area (Å²) in [5, 5.41) is 0. The highest BCUT2D eigenvalue weighted by Crippen LogP contribution is 2.29. The highest BCUT2D eigenvalue weighted by molar-refractivity contribution is 5.34. The van der Waals surface area contributed by atoms with Crippen LogP contribution in [-0.2, 0) is 13.6 Å². The minimum Gasteiger partial charge on any atom is -0.297 e. The maximum Gasteiger partial charge on any atom is 0.275 e. The molecule has 1 aliphatic rings. The maximum absolute atomic E-state index is 13.3. The van der Waals surface area contributed by atoms with Crippen LogP contribution in [0.3, 0.4) is 0 Å². The normalized spacial score (nSPS) is 15.9. The van der Waals surface area contributed by atoms with E-state index in [-0.39, 0.29) is 11.5 Å². The molecule has 3 aromatic rings. The molecule has 0 saturated carbocycles. The Balaban J connectivity index is 1.57. The lowest BCUT2D eigenvalue weighted by Gasteiger charge is -2.32. The lowest BCUT2D eigenvalue weighted by atomic mass is 9.89. The summed E-state index contributed by atoms with van der Waals surface area (Å²) in [5.41, 5.74) is 4.59. The predicted molar refractivity (Wildman–Crippen MR) is 119 cm³/mol. The third-order valence-corrected chi connectivity index (χ3v) is 6.23. The number of nitrogens with zero attached hydrogens (tertiary/aromatic N) is 3. The number of aromatic nitrogens is 2. The van der Waals surface area contributed by atoms with Gasteiger partial charge in [0.05, 0.1) is 11.4 Å². The van der Waals surface area contributed by atoms with Crippen LogP contribution in [0.1, 0.15) is 55.3 Å². The summed E-state index contributed by atoms with van der Waals surface area (Å²) in [7, 11) is 2.02. The van der Waals surface area contributed by atoms with Crippen LogP contribution in [0.5, 0.6) is 0 Å². The van der Waals surface area contributed by atoms with Gasteiger partial charge in [0, 0.05) is 19.2 Å². The summed E-state index contributed by atoms with van der Waals surface area (Å²) >= 11 is 0. The highest BCUT2D eigenvalue weighted by Gasteiger charge is 2.26. The van der Waals surface area contributed by atoms with Gasteiger partial charge in [0.25, 0.3) is 5.56 Å². The van der Waals surface area contributed by atoms with Crippen molar-refractivity contribution in [2.75, 3.05) is 13.1 Å². The van der Waals surface area contributed by atoms with Crippen LogP contribution >= 0.6 is 0 Å². The summed E-state index contributed by atoms with van der Waals surface area (Å²) < 4.78 is 3.89. The first-order chi connectivity index (χ1) is 14.1. The average molecular weight is 390 g/mol. The lowest BCUT2D eigenvalue weighted by Crippen LogP contribution is -2.33. The van der Waals surface area contributed by atoms with Crippen molar-refractivity contribution < 1.29 is 0 Å². The van der Waals surface area contributed by atoms with Crippen molar-refractivity contribution in [2.24, 2.45) is 7.05 Å². The van der Waals surface area contributed by atoms with E-state index >= 15 is 0 Å². The Kier molecular flexibility index (Phi) is 5.72. The minimum absolute atomic E-state index is 0.114. The molecule has 4 nitrogen and oxygen atoms in total. The number of piperidine rings is 1. The molecule has 0 aliphatic carbocycles. The molecular weight excluding hydrogens is 358 g/mol. The summed E-state index contributed by atoms with van der Waals surface area (Å²) in [4.78, 5) is 15.8. The molecule has 0 N–H and O–H groups in total. The molecule has 0 bridgehead atoms. The number of hydrogen-bond donors (Lipinski definition) is 0. The fourth-order valence-electron chi connectivity index (χ4n) is 4.66. The molecular formula is C25H31N3O. The molecule has 1 aromatic heterocycles. The fraction of sp³-hybridized carbons (Fsp3) is 0.400. The standard InChI is InChI=1S/C25H31N3O/c1-19(2)24-23(26(3)28(25(24)29)22-12-8-5-9-13-22)18-27-16-14-21(15-17-27)20-10-6-4-7-11-20/h4-13,19,21H,14-18H2,1-3H3. The Morgan fingerprint density at radius 1 is 0.931 bits per heavy atom. The summed E-state index contributed by atoms with van der Waals surface area (Å²) in [5.74, 6) is 0.852. The summed E-state index contributed by atoms with van der Waals surface area (Å²) in [6.07, 6.45) is 2.35. The van der Waals surface area contributed by atoms with Crippen molar-refractivity contribution in [2.45, 2.75) is 45.1 Å². The van der Waals surface area contributed by atoms with Gasteiger partial charge >= 0.3 is 0 Å². The Labute approximate surface area is 173 Å². The largest absolute Gasteiger partial charge is 0.297 e. The van der Waals surface area contributed by atoms with Crippen LogP contribution in [0.15, 0.2) is 65.5 Å². The van der Waals surface area contributed by atoms with E-state index in [4.69, 9.17) is 0 Å². The highest BCUT2D eigenvalue weighted by atomic mass is 16.1. The number of likely N-dealkylation sites (tertiary alicyclic amines) is 1. The van der Waals surface area contributed by atoms with Crippen LogP contribution in [0, 0.1) is 0 Å². The molecule has 0 unspecified atom stereocenters. The van der Waals surface area contributed by atoms with Gasteiger partial charge in [-0.3, -0.25) is 14.4 Å². The minimum atomic E-state index is 0.114. The molecule has 0 amide bonds. The second-order valence-electron chi connectivity index (χ2n) is 8.45. The Hall–Kier alpha value is -2.59. The first kappa shape index (κ1) is 19.7. The lowest BCUT2D eigenvalue weighted by molar-refractivity contribution is 0.199. The second-order valence-corrected chi connectivity index (χ2v) is 8.45. The van der Waals surface area contributed by atoms with Gasteiger partial charge in [-0.05, 0) is 55.5 Å². The quantitative estimate of drug-likeness (QED) is 0.634. The van der Waals surface area contributed by atoms with Crippen LogP contribution < -0.4 is 5.56 Å². The van der Waals surface area contributed by atoms with Gasteiger partial charge in [0.1, 0.15) is 0 Å². The third kappa shape index (κ3) is 3.95. The summed E-state index contributed by atoms with van der Waals surface area (Å²) in [6, 6.07) is 20.8. The number of benzene rings is 2. The van der Waals surface area contributed by atoms with Crippen LogP contribution in [0.25, 0.3) is 5.69 Å². The molecule has 29 heavy (non-hydrogen) atoms. The molecule has 152 valence electrons. The molecule has 2 aromatic carbocycles. The zero-order valence-electron chi connectivity index (χ0n) is 17.7. The van der Waals surface area contributed by atoms with E-state index in [1.165, 1.54) is 18.4 Å². The molecule has 0 spiro atoms. The maximum atomic E-state index is 13.3. The van der Waals surface area contributed by atoms with Gasteiger partial charge in [0.2, 0.25) is 0 Å². The van der Waals surface area contributed by atoms with Gasteiger partial charge in [-0.1, -0.05) is 62.4 Å². The summed E-state index contributed by atoms with van der Waals surface area (Å²) in [6.45, 7) is 7.22. The van der Waals surface area contributed by atoms with E-state index in [0.29, 0.717) is 5.92 Å². The van der Waals surface area contributed by atoms with E-state index in [9.17, 15) is 4.79 Å². The van der Waals surface area contributed by atoms with E-state index in [2.05, 4.69) is 53.8 Å². The molecule has 4 heteroatoms. The van der Waals surface area contributed by atoms with E-state index in [0.717, 1.165) is 36.6 Å². The SMILES string of the molecule is CC(C)c1c(CN2CCC(c3ccccc3)CC2)n(C)n(-c2ccccc2)c1=O. The van der Waals surface area contributed by atoms with Crippen LogP contribution in [0.4, 0.5) is 0 Å². The van der Waals surface area contributed by atoms with Crippen molar-refractivity contribution in [1.29, 1.82) is 0 Å². The van der Waals surface area contributed by atoms with E-state index in [1.807, 2.05) is 42.1 Å². The zero-order chi connectivity index (χ0) is 20.4. The molecule has 2 heterocycles. The van der Waals surface area contributed by atoms with Crippen LogP contribution in [0.2, 0.25) is 0 Å². The van der Waals surface area contributed by atoms with E-state index in [1.54, 1.807) is 0 Å². The topological polar surface area (TPSA) is 30.2 Å². The Bertz CT molecular complexity index is 994. The van der Waals surface area contributed by atoms with Gasteiger partial charge in [-0.15, -0.1) is 0 Å². The molecule has 1 saturated heterocycles. The van der Waals surface area contributed by atoms with Gasteiger partial charge in [0.15, 0.2) is 0 Å². The number of para-hydroxylation sites is 1. The van der Waals surface area contributed by atoms with Gasteiger partial charge < -0.3 is 0 Å². The average Bonchev–Trinajstić information content (AvgIpc) is 2.99.